The van der Waals surface area contributed by atoms with Gasteiger partial charge in [0.2, 0.25) is 0 Å². The van der Waals surface area contributed by atoms with E-state index in [1.807, 2.05) is 26.2 Å². The first-order valence-corrected chi connectivity index (χ1v) is 8.16. The summed E-state index contributed by atoms with van der Waals surface area (Å²) in [6.45, 7) is 4.89. The van der Waals surface area contributed by atoms with Gasteiger partial charge in [-0.1, -0.05) is 0 Å². The van der Waals surface area contributed by atoms with Gasteiger partial charge in [-0.3, -0.25) is 4.68 Å². The number of carboxylic acid groups (broad SMARTS) is 1. The van der Waals surface area contributed by atoms with Gasteiger partial charge in [-0.2, -0.15) is 16.9 Å². The fourth-order valence-electron chi connectivity index (χ4n) is 1.89. The molecule has 7 nitrogen and oxygen atoms in total. The zero-order chi connectivity index (χ0) is 15.8. The van der Waals surface area contributed by atoms with Crippen molar-refractivity contribution in [1.82, 2.24) is 20.4 Å². The molecule has 1 atom stereocenters. The van der Waals surface area contributed by atoms with Gasteiger partial charge < -0.3 is 15.7 Å². The van der Waals surface area contributed by atoms with Crippen LogP contribution in [0.4, 0.5) is 4.79 Å². The molecule has 0 aliphatic rings. The lowest BCUT2D eigenvalue weighted by atomic mass is 10.2. The summed E-state index contributed by atoms with van der Waals surface area (Å²) in [4.78, 5) is 22.8. The van der Waals surface area contributed by atoms with Crippen LogP contribution >= 0.6 is 11.8 Å². The Bertz CT molecular complexity index is 490. The Balaban J connectivity index is 2.50. The highest BCUT2D eigenvalue weighted by molar-refractivity contribution is 7.98. The van der Waals surface area contributed by atoms with Crippen LogP contribution in [0.3, 0.4) is 0 Å². The average molecular weight is 314 g/mol. The van der Waals surface area contributed by atoms with Crippen molar-refractivity contribution in [1.29, 1.82) is 0 Å². The third kappa shape index (κ3) is 5.66. The number of hydrogen-bond donors (Lipinski definition) is 3. The van der Waals surface area contributed by atoms with E-state index in [1.165, 1.54) is 0 Å². The van der Waals surface area contributed by atoms with Crippen LogP contribution in [0.1, 0.15) is 24.7 Å². The second-order valence-electron chi connectivity index (χ2n) is 4.59. The van der Waals surface area contributed by atoms with E-state index in [2.05, 4.69) is 15.7 Å². The molecule has 0 fully saturated rings. The van der Waals surface area contributed by atoms with Crippen molar-refractivity contribution in [3.05, 3.63) is 17.5 Å². The summed E-state index contributed by atoms with van der Waals surface area (Å²) in [7, 11) is 0. The number of aromatic nitrogens is 2. The second-order valence-corrected chi connectivity index (χ2v) is 5.58. The van der Waals surface area contributed by atoms with Crippen molar-refractivity contribution in [3.63, 3.8) is 0 Å². The van der Waals surface area contributed by atoms with Crippen LogP contribution in [0.5, 0.6) is 0 Å². The Morgan fingerprint density at radius 2 is 2.24 bits per heavy atom. The molecule has 0 bridgehead atoms. The molecule has 2 amide bonds. The van der Waals surface area contributed by atoms with Crippen LogP contribution in [-0.2, 0) is 17.9 Å². The topological polar surface area (TPSA) is 96.3 Å². The quantitative estimate of drug-likeness (QED) is 0.670. The molecule has 3 N–H and O–H groups in total. The molecule has 0 saturated carbocycles. The molecule has 21 heavy (non-hydrogen) atoms. The van der Waals surface area contributed by atoms with Gasteiger partial charge in [0.25, 0.3) is 0 Å². The maximum Gasteiger partial charge on any atom is 0.326 e. The van der Waals surface area contributed by atoms with E-state index < -0.39 is 18.0 Å². The molecule has 0 saturated heterocycles. The molecule has 1 aromatic heterocycles. The molecular weight excluding hydrogens is 292 g/mol. The largest absolute Gasteiger partial charge is 0.480 e. The van der Waals surface area contributed by atoms with Gasteiger partial charge in [0.1, 0.15) is 6.04 Å². The Hall–Kier alpha value is -1.70. The first-order chi connectivity index (χ1) is 9.97. The minimum absolute atomic E-state index is 0.315. The maximum absolute atomic E-state index is 11.8. The lowest BCUT2D eigenvalue weighted by molar-refractivity contribution is -0.139. The zero-order valence-electron chi connectivity index (χ0n) is 12.5. The molecule has 0 spiro atoms. The molecule has 1 heterocycles. The lowest BCUT2D eigenvalue weighted by Gasteiger charge is -2.14. The number of carbonyl (C=O) groups excluding carboxylic acids is 1. The number of carboxylic acids is 1. The van der Waals surface area contributed by atoms with Gasteiger partial charge in [-0.15, -0.1) is 0 Å². The first-order valence-electron chi connectivity index (χ1n) is 6.77. The molecule has 0 radical (unpaired) electrons. The monoisotopic (exact) mass is 314 g/mol. The van der Waals surface area contributed by atoms with Crippen molar-refractivity contribution >= 4 is 23.8 Å². The smallest absolute Gasteiger partial charge is 0.326 e. The number of rotatable bonds is 8. The van der Waals surface area contributed by atoms with E-state index in [-0.39, 0.29) is 0 Å². The molecule has 1 unspecified atom stereocenters. The number of urea groups is 1. The van der Waals surface area contributed by atoms with E-state index >= 15 is 0 Å². The number of hydrogen-bond acceptors (Lipinski definition) is 4. The minimum Gasteiger partial charge on any atom is -0.480 e. The van der Waals surface area contributed by atoms with Crippen LogP contribution < -0.4 is 10.6 Å². The zero-order valence-corrected chi connectivity index (χ0v) is 13.4. The SMILES string of the molecule is CCn1nc(C)cc1CNC(=O)NC(CCSC)C(=O)O. The van der Waals surface area contributed by atoms with E-state index in [0.29, 0.717) is 18.7 Å². The van der Waals surface area contributed by atoms with Crippen LogP contribution in [0.25, 0.3) is 0 Å². The van der Waals surface area contributed by atoms with Crippen molar-refractivity contribution in [2.24, 2.45) is 0 Å². The molecular formula is C13H22N4O3S. The van der Waals surface area contributed by atoms with Gasteiger partial charge in [-0.05, 0) is 38.3 Å². The number of carbonyl (C=O) groups is 2. The number of thioether (sulfide) groups is 1. The standard InChI is InChI=1S/C13H22N4O3S/c1-4-17-10(7-9(2)16-17)8-14-13(20)15-11(12(18)19)5-6-21-3/h7,11H,4-6,8H2,1-3H3,(H,18,19)(H2,14,15,20). The Kier molecular flexibility index (Phi) is 7.07. The summed E-state index contributed by atoms with van der Waals surface area (Å²) < 4.78 is 1.80. The van der Waals surface area contributed by atoms with Gasteiger partial charge >= 0.3 is 12.0 Å². The summed E-state index contributed by atoms with van der Waals surface area (Å²) in [5, 5.41) is 18.5. The fraction of sp³-hybridized carbons (Fsp3) is 0.615. The van der Waals surface area contributed by atoms with Crippen molar-refractivity contribution in [2.75, 3.05) is 12.0 Å². The van der Waals surface area contributed by atoms with Crippen molar-refractivity contribution in [2.45, 2.75) is 39.4 Å². The highest BCUT2D eigenvalue weighted by Crippen LogP contribution is 2.04. The summed E-state index contributed by atoms with van der Waals surface area (Å²) in [5.41, 5.74) is 1.78. The maximum atomic E-state index is 11.8. The summed E-state index contributed by atoms with van der Waals surface area (Å²) in [6.07, 6.45) is 2.29. The summed E-state index contributed by atoms with van der Waals surface area (Å²) in [5.74, 6) is -0.340. The van der Waals surface area contributed by atoms with Crippen LogP contribution in [0, 0.1) is 6.92 Å². The lowest BCUT2D eigenvalue weighted by Crippen LogP contribution is -2.46. The first kappa shape index (κ1) is 17.4. The molecule has 0 aliphatic heterocycles. The van der Waals surface area contributed by atoms with Gasteiger partial charge in [0.05, 0.1) is 17.9 Å². The van der Waals surface area contributed by atoms with Crippen LogP contribution in [0.2, 0.25) is 0 Å². The molecule has 1 aromatic rings. The minimum atomic E-state index is -1.02. The molecule has 118 valence electrons. The van der Waals surface area contributed by atoms with E-state index in [9.17, 15) is 9.59 Å². The number of nitrogens with one attached hydrogen (secondary N) is 2. The third-order valence-electron chi connectivity index (χ3n) is 2.93. The Labute approximate surface area is 128 Å². The molecule has 0 aliphatic carbocycles. The summed E-state index contributed by atoms with van der Waals surface area (Å²) in [6, 6.07) is 0.548. The summed E-state index contributed by atoms with van der Waals surface area (Å²) >= 11 is 1.55. The predicted octanol–water partition coefficient (Wildman–Crippen LogP) is 1.22. The molecule has 8 heteroatoms. The van der Waals surface area contributed by atoms with Crippen LogP contribution in [-0.4, -0.2) is 44.9 Å². The number of aryl methyl sites for hydroxylation is 2. The highest BCUT2D eigenvalue weighted by atomic mass is 32.2. The molecule has 1 rings (SSSR count). The fourth-order valence-corrected chi connectivity index (χ4v) is 2.36. The van der Waals surface area contributed by atoms with E-state index in [4.69, 9.17) is 5.11 Å². The average Bonchev–Trinajstić information content (AvgIpc) is 2.81. The van der Waals surface area contributed by atoms with Crippen molar-refractivity contribution < 1.29 is 14.7 Å². The highest BCUT2D eigenvalue weighted by Gasteiger charge is 2.19. The normalized spacial score (nSPS) is 12.0. The van der Waals surface area contributed by atoms with Crippen molar-refractivity contribution in [3.8, 4) is 0 Å². The second kappa shape index (κ2) is 8.56. The van der Waals surface area contributed by atoms with Gasteiger partial charge in [0, 0.05) is 6.54 Å². The predicted molar refractivity (Wildman–Crippen MR) is 82.4 cm³/mol. The third-order valence-corrected chi connectivity index (χ3v) is 3.57. The number of nitrogens with zero attached hydrogens (tertiary/aromatic N) is 2. The Morgan fingerprint density at radius 1 is 1.52 bits per heavy atom. The van der Waals surface area contributed by atoms with Gasteiger partial charge in [-0.25, -0.2) is 9.59 Å². The van der Waals surface area contributed by atoms with E-state index in [0.717, 1.165) is 17.9 Å². The van der Waals surface area contributed by atoms with Gasteiger partial charge in [0.15, 0.2) is 0 Å². The van der Waals surface area contributed by atoms with E-state index in [1.54, 1.807) is 16.4 Å². The number of aliphatic carboxylic acids is 1. The number of amides is 2. The Morgan fingerprint density at radius 3 is 2.81 bits per heavy atom. The molecule has 0 aromatic carbocycles. The van der Waals surface area contributed by atoms with Crippen LogP contribution in [0.15, 0.2) is 6.07 Å².